The molecule has 1 fully saturated rings. The van der Waals surface area contributed by atoms with Crippen LogP contribution in [0.2, 0.25) is 0 Å². The third-order valence-corrected chi connectivity index (χ3v) is 4.34. The van der Waals surface area contributed by atoms with E-state index in [-0.39, 0.29) is 29.0 Å². The molecule has 21 heavy (non-hydrogen) atoms. The van der Waals surface area contributed by atoms with E-state index in [1.54, 1.807) is 13.0 Å². The van der Waals surface area contributed by atoms with Gasteiger partial charge in [-0.1, -0.05) is 6.07 Å². The number of carbonyl (C=O) groups excluding carboxylic acids is 2. The van der Waals surface area contributed by atoms with Gasteiger partial charge in [0.05, 0.1) is 11.4 Å². The molecule has 6 nitrogen and oxygen atoms in total. The number of rotatable bonds is 5. The van der Waals surface area contributed by atoms with E-state index in [1.807, 2.05) is 0 Å². The molecule has 0 unspecified atom stereocenters. The molecule has 0 aromatic heterocycles. The standard InChI is InChI=1S/C14H18N2O4S/c1-9-3-6-11(21(2,19)20)7-12(9)14(18)15-8-13(17)16-10-4-5-10/h3,6-7,10H,4-5,8H2,1-2H3,(H,15,18)(H,16,17). The normalized spacial score (nSPS) is 14.6. The molecule has 2 N–H and O–H groups in total. The molecule has 7 heteroatoms. The molecule has 2 amide bonds. The molecule has 1 aliphatic carbocycles. The van der Waals surface area contributed by atoms with Crippen molar-refractivity contribution in [3.8, 4) is 0 Å². The number of sulfone groups is 1. The zero-order valence-electron chi connectivity index (χ0n) is 12.0. The number of carbonyl (C=O) groups is 2. The summed E-state index contributed by atoms with van der Waals surface area (Å²) in [7, 11) is -3.37. The van der Waals surface area contributed by atoms with E-state index < -0.39 is 15.7 Å². The van der Waals surface area contributed by atoms with E-state index in [4.69, 9.17) is 0 Å². The minimum absolute atomic E-state index is 0.0840. The molecule has 0 atom stereocenters. The van der Waals surface area contributed by atoms with Gasteiger partial charge in [0.15, 0.2) is 9.84 Å². The molecule has 0 saturated heterocycles. The van der Waals surface area contributed by atoms with Gasteiger partial charge in [-0.2, -0.15) is 0 Å². The Morgan fingerprint density at radius 3 is 2.52 bits per heavy atom. The Labute approximate surface area is 123 Å². The number of nitrogens with one attached hydrogen (secondary N) is 2. The van der Waals surface area contributed by atoms with Crippen LogP contribution in [0.4, 0.5) is 0 Å². The van der Waals surface area contributed by atoms with Crippen LogP contribution in [0.3, 0.4) is 0 Å². The van der Waals surface area contributed by atoms with Gasteiger partial charge in [0.2, 0.25) is 5.91 Å². The molecule has 1 saturated carbocycles. The van der Waals surface area contributed by atoms with Crippen LogP contribution in [0.1, 0.15) is 28.8 Å². The van der Waals surface area contributed by atoms with E-state index in [1.165, 1.54) is 12.1 Å². The quantitative estimate of drug-likeness (QED) is 0.824. The van der Waals surface area contributed by atoms with E-state index in [0.717, 1.165) is 19.1 Å². The fourth-order valence-electron chi connectivity index (χ4n) is 1.84. The summed E-state index contributed by atoms with van der Waals surface area (Å²) in [5.41, 5.74) is 0.916. The van der Waals surface area contributed by atoms with Gasteiger partial charge in [0.25, 0.3) is 5.91 Å². The van der Waals surface area contributed by atoms with Crippen LogP contribution in [0, 0.1) is 6.92 Å². The highest BCUT2D eigenvalue weighted by Crippen LogP contribution is 2.18. The minimum atomic E-state index is -3.37. The lowest BCUT2D eigenvalue weighted by Gasteiger charge is -2.09. The van der Waals surface area contributed by atoms with Crippen molar-refractivity contribution in [1.82, 2.24) is 10.6 Å². The first-order valence-corrected chi connectivity index (χ1v) is 8.55. The molecule has 2 rings (SSSR count). The highest BCUT2D eigenvalue weighted by atomic mass is 32.2. The number of aryl methyl sites for hydroxylation is 1. The van der Waals surface area contributed by atoms with Gasteiger partial charge < -0.3 is 10.6 Å². The molecule has 1 aliphatic rings. The summed E-state index contributed by atoms with van der Waals surface area (Å²) < 4.78 is 23.0. The summed E-state index contributed by atoms with van der Waals surface area (Å²) in [5, 5.41) is 5.27. The van der Waals surface area contributed by atoms with Gasteiger partial charge in [-0.05, 0) is 37.5 Å². The van der Waals surface area contributed by atoms with Gasteiger partial charge in [0.1, 0.15) is 0 Å². The van der Waals surface area contributed by atoms with Crippen LogP contribution < -0.4 is 10.6 Å². The van der Waals surface area contributed by atoms with Crippen LogP contribution in [0.15, 0.2) is 23.1 Å². The first kappa shape index (κ1) is 15.5. The van der Waals surface area contributed by atoms with Gasteiger partial charge >= 0.3 is 0 Å². The number of hydrogen-bond acceptors (Lipinski definition) is 4. The van der Waals surface area contributed by atoms with Crippen LogP contribution in [0.25, 0.3) is 0 Å². The van der Waals surface area contributed by atoms with Gasteiger partial charge in [0, 0.05) is 17.9 Å². The maximum Gasteiger partial charge on any atom is 0.252 e. The summed E-state index contributed by atoms with van der Waals surface area (Å²) in [5.74, 6) is -0.688. The molecule has 0 radical (unpaired) electrons. The van der Waals surface area contributed by atoms with Crippen molar-refractivity contribution in [1.29, 1.82) is 0 Å². The van der Waals surface area contributed by atoms with Crippen molar-refractivity contribution in [2.24, 2.45) is 0 Å². The van der Waals surface area contributed by atoms with Crippen molar-refractivity contribution < 1.29 is 18.0 Å². The van der Waals surface area contributed by atoms with Crippen molar-refractivity contribution >= 4 is 21.7 Å². The smallest absolute Gasteiger partial charge is 0.252 e. The number of hydrogen-bond donors (Lipinski definition) is 2. The fourth-order valence-corrected chi connectivity index (χ4v) is 2.49. The monoisotopic (exact) mass is 310 g/mol. The second-order valence-electron chi connectivity index (χ2n) is 5.27. The predicted molar refractivity (Wildman–Crippen MR) is 77.8 cm³/mol. The topological polar surface area (TPSA) is 92.3 Å². The molecule has 0 heterocycles. The molecule has 0 spiro atoms. The summed E-state index contributed by atoms with van der Waals surface area (Å²) >= 11 is 0. The number of amides is 2. The van der Waals surface area contributed by atoms with Crippen molar-refractivity contribution in [3.05, 3.63) is 29.3 Å². The fraction of sp³-hybridized carbons (Fsp3) is 0.429. The third-order valence-electron chi connectivity index (χ3n) is 3.23. The first-order valence-electron chi connectivity index (χ1n) is 6.65. The van der Waals surface area contributed by atoms with Crippen molar-refractivity contribution in [2.45, 2.75) is 30.7 Å². The summed E-state index contributed by atoms with van der Waals surface area (Å²) in [4.78, 5) is 23.7. The first-order chi connectivity index (χ1) is 9.77. The molecular formula is C14H18N2O4S. The summed E-state index contributed by atoms with van der Waals surface area (Å²) in [6.45, 7) is 1.60. The second kappa shape index (κ2) is 5.85. The molecule has 1 aromatic rings. The van der Waals surface area contributed by atoms with E-state index >= 15 is 0 Å². The lowest BCUT2D eigenvalue weighted by atomic mass is 10.1. The zero-order valence-corrected chi connectivity index (χ0v) is 12.8. The van der Waals surface area contributed by atoms with Crippen molar-refractivity contribution in [2.75, 3.05) is 12.8 Å². The van der Waals surface area contributed by atoms with Gasteiger partial charge in [-0.3, -0.25) is 9.59 Å². The van der Waals surface area contributed by atoms with E-state index in [9.17, 15) is 18.0 Å². The summed E-state index contributed by atoms with van der Waals surface area (Å²) in [6, 6.07) is 4.61. The van der Waals surface area contributed by atoms with Gasteiger partial charge in [-0.15, -0.1) is 0 Å². The Hall–Kier alpha value is -1.89. The van der Waals surface area contributed by atoms with E-state index in [0.29, 0.717) is 5.56 Å². The van der Waals surface area contributed by atoms with Crippen LogP contribution in [0.5, 0.6) is 0 Å². The van der Waals surface area contributed by atoms with Crippen molar-refractivity contribution in [3.63, 3.8) is 0 Å². The summed E-state index contributed by atoms with van der Waals surface area (Å²) in [6.07, 6.45) is 3.05. The average molecular weight is 310 g/mol. The second-order valence-corrected chi connectivity index (χ2v) is 7.29. The van der Waals surface area contributed by atoms with Crippen LogP contribution in [-0.4, -0.2) is 39.1 Å². The maximum atomic E-state index is 12.1. The van der Waals surface area contributed by atoms with Gasteiger partial charge in [-0.25, -0.2) is 8.42 Å². The molecule has 0 bridgehead atoms. The Morgan fingerprint density at radius 2 is 1.95 bits per heavy atom. The number of benzene rings is 1. The molecule has 1 aromatic carbocycles. The lowest BCUT2D eigenvalue weighted by Crippen LogP contribution is -2.38. The largest absolute Gasteiger partial charge is 0.352 e. The zero-order chi connectivity index (χ0) is 15.6. The maximum absolute atomic E-state index is 12.1. The van der Waals surface area contributed by atoms with E-state index in [2.05, 4.69) is 10.6 Å². The Bertz CT molecular complexity index is 678. The predicted octanol–water partition coefficient (Wildman–Crippen LogP) is 0.407. The molecular weight excluding hydrogens is 292 g/mol. The lowest BCUT2D eigenvalue weighted by molar-refractivity contribution is -0.120. The minimum Gasteiger partial charge on any atom is -0.352 e. The SMILES string of the molecule is Cc1ccc(S(C)(=O)=O)cc1C(=O)NCC(=O)NC1CC1. The molecule has 0 aliphatic heterocycles. The molecule has 114 valence electrons. The Balaban J connectivity index is 2.05. The highest BCUT2D eigenvalue weighted by Gasteiger charge is 2.23. The average Bonchev–Trinajstić information content (AvgIpc) is 3.19. The van der Waals surface area contributed by atoms with Crippen LogP contribution >= 0.6 is 0 Å². The Morgan fingerprint density at radius 1 is 1.29 bits per heavy atom. The van der Waals surface area contributed by atoms with Crippen LogP contribution in [-0.2, 0) is 14.6 Å². The third kappa shape index (κ3) is 4.29. The Kier molecular flexibility index (Phi) is 4.32. The highest BCUT2D eigenvalue weighted by molar-refractivity contribution is 7.90.